The molecule has 0 aliphatic carbocycles. The predicted molar refractivity (Wildman–Crippen MR) is 117 cm³/mol. The summed E-state index contributed by atoms with van der Waals surface area (Å²) in [6.45, 7) is 3.41. The maximum atomic E-state index is 13.3. The fourth-order valence-electron chi connectivity index (χ4n) is 3.89. The lowest BCUT2D eigenvalue weighted by Crippen LogP contribution is -2.62. The van der Waals surface area contributed by atoms with Gasteiger partial charge in [-0.05, 0) is 42.2 Å². The van der Waals surface area contributed by atoms with E-state index >= 15 is 0 Å². The molecule has 3 N–H and O–H groups in total. The first-order valence-corrected chi connectivity index (χ1v) is 11.9. The Morgan fingerprint density at radius 2 is 1.87 bits per heavy atom. The van der Waals surface area contributed by atoms with E-state index in [2.05, 4.69) is 15.9 Å². The van der Waals surface area contributed by atoms with Gasteiger partial charge in [-0.15, -0.1) is 0 Å². The van der Waals surface area contributed by atoms with Crippen LogP contribution in [0.25, 0.3) is 0 Å². The third kappa shape index (κ3) is 5.09. The van der Waals surface area contributed by atoms with Crippen LogP contribution in [0.3, 0.4) is 0 Å². The Labute approximate surface area is 190 Å². The van der Waals surface area contributed by atoms with Gasteiger partial charge < -0.3 is 9.84 Å². The van der Waals surface area contributed by atoms with Gasteiger partial charge in [0.05, 0.1) is 11.0 Å². The van der Waals surface area contributed by atoms with Crippen molar-refractivity contribution in [2.24, 2.45) is 5.41 Å². The molecule has 1 unspecified atom stereocenters. The van der Waals surface area contributed by atoms with Crippen LogP contribution in [0.15, 0.2) is 57.9 Å². The Kier molecular flexibility index (Phi) is 7.07. The van der Waals surface area contributed by atoms with Gasteiger partial charge in [0.1, 0.15) is 18.4 Å². The van der Waals surface area contributed by atoms with Crippen molar-refractivity contribution in [3.63, 3.8) is 0 Å². The van der Waals surface area contributed by atoms with Crippen LogP contribution >= 0.6 is 15.9 Å². The summed E-state index contributed by atoms with van der Waals surface area (Å²) in [5.74, 6) is -0.354. The summed E-state index contributed by atoms with van der Waals surface area (Å²) >= 11 is 3.45. The van der Waals surface area contributed by atoms with Gasteiger partial charge in [0.2, 0.25) is 10.0 Å². The average molecular weight is 513 g/mol. The van der Waals surface area contributed by atoms with E-state index in [1.807, 2.05) is 24.3 Å². The molecule has 1 fully saturated rings. The number of nitrogens with one attached hydrogen (secondary N) is 1. The lowest BCUT2D eigenvalue weighted by Gasteiger charge is -2.45. The lowest BCUT2D eigenvalue weighted by molar-refractivity contribution is -0.140. The summed E-state index contributed by atoms with van der Waals surface area (Å²) in [6.07, 6.45) is -0.710. The number of rotatable bonds is 6. The van der Waals surface area contributed by atoms with Crippen LogP contribution in [-0.4, -0.2) is 47.6 Å². The predicted octanol–water partition coefficient (Wildman–Crippen LogP) is 2.68. The van der Waals surface area contributed by atoms with E-state index in [0.717, 1.165) is 14.3 Å². The Bertz CT molecular complexity index is 1040. The molecular formula is C21H25BrN2O6S. The highest BCUT2D eigenvalue weighted by molar-refractivity contribution is 9.10. The summed E-state index contributed by atoms with van der Waals surface area (Å²) in [5.41, 5.74) is 1.61. The van der Waals surface area contributed by atoms with E-state index in [0.29, 0.717) is 12.4 Å². The molecule has 0 aromatic heterocycles. The Hall–Kier alpha value is -1.98. The topological polar surface area (TPSA) is 116 Å². The van der Waals surface area contributed by atoms with Crippen LogP contribution in [-0.2, 0) is 21.4 Å². The van der Waals surface area contributed by atoms with Crippen molar-refractivity contribution in [2.45, 2.75) is 43.9 Å². The standard InChI is InChI=1S/C21H25BrN2O6S/c1-21(2)11-15(25)12-24(19(21)20(26)23-27)31(28,29)17-9-7-16(8-10-17)30-13-14-5-3-4-6-18(14)22/h3-10,15,19,25,27H,11-13H2,1-2H3,(H,23,26)/t15-,19?/m1/s1. The second-order valence-corrected chi connectivity index (χ2v) is 10.9. The zero-order chi connectivity index (χ0) is 22.8. The molecule has 1 amide bonds. The number of hydrogen-bond donors (Lipinski definition) is 3. The van der Waals surface area contributed by atoms with Gasteiger partial charge in [-0.3, -0.25) is 10.0 Å². The summed E-state index contributed by atoms with van der Waals surface area (Å²) in [6, 6.07) is 12.3. The third-order valence-corrected chi connectivity index (χ3v) is 7.94. The van der Waals surface area contributed by atoms with Crippen molar-refractivity contribution >= 4 is 31.9 Å². The summed E-state index contributed by atoms with van der Waals surface area (Å²) in [7, 11) is -4.12. The van der Waals surface area contributed by atoms with Crippen LogP contribution < -0.4 is 10.2 Å². The lowest BCUT2D eigenvalue weighted by atomic mass is 9.76. The first-order chi connectivity index (χ1) is 14.6. The van der Waals surface area contributed by atoms with Gasteiger partial charge in [-0.25, -0.2) is 13.9 Å². The number of amides is 1. The fraction of sp³-hybridized carbons (Fsp3) is 0.381. The number of aliphatic hydroxyl groups excluding tert-OH is 1. The van der Waals surface area contributed by atoms with E-state index < -0.39 is 33.5 Å². The quantitative estimate of drug-likeness (QED) is 0.404. The molecule has 168 valence electrons. The van der Waals surface area contributed by atoms with Crippen molar-refractivity contribution in [3.05, 3.63) is 58.6 Å². The van der Waals surface area contributed by atoms with E-state index in [4.69, 9.17) is 9.94 Å². The van der Waals surface area contributed by atoms with Gasteiger partial charge in [-0.2, -0.15) is 4.31 Å². The molecule has 1 saturated heterocycles. The first kappa shape index (κ1) is 23.7. The third-order valence-electron chi connectivity index (χ3n) is 5.32. The number of carbonyl (C=O) groups excluding carboxylic acids is 1. The number of nitrogens with zero attached hydrogens (tertiary/aromatic N) is 1. The molecule has 10 heteroatoms. The molecule has 2 aromatic rings. The minimum absolute atomic E-state index is 0.0404. The Morgan fingerprint density at radius 1 is 1.23 bits per heavy atom. The summed E-state index contributed by atoms with van der Waals surface area (Å²) < 4.78 is 34.2. The molecule has 8 nitrogen and oxygen atoms in total. The SMILES string of the molecule is CC1(C)C[C@@H](O)CN(S(=O)(=O)c2ccc(OCc3ccccc3Br)cc2)C1C(=O)NO. The number of hydrogen-bond acceptors (Lipinski definition) is 6. The second-order valence-electron chi connectivity index (χ2n) is 8.15. The van der Waals surface area contributed by atoms with Crippen LogP contribution in [0.1, 0.15) is 25.8 Å². The number of carbonyl (C=O) groups is 1. The molecular weight excluding hydrogens is 488 g/mol. The average Bonchev–Trinajstić information content (AvgIpc) is 2.71. The number of piperidine rings is 1. The van der Waals surface area contributed by atoms with Crippen LogP contribution in [0.5, 0.6) is 5.75 Å². The molecule has 1 aliphatic rings. The fourth-order valence-corrected chi connectivity index (χ4v) is 6.07. The molecule has 0 radical (unpaired) electrons. The summed E-state index contributed by atoms with van der Waals surface area (Å²) in [4.78, 5) is 12.3. The van der Waals surface area contributed by atoms with Gasteiger partial charge in [-0.1, -0.05) is 48.0 Å². The number of ether oxygens (including phenoxy) is 1. The number of sulfonamides is 1. The Balaban J connectivity index is 1.83. The van der Waals surface area contributed by atoms with Crippen molar-refractivity contribution < 1.29 is 28.3 Å². The van der Waals surface area contributed by atoms with E-state index in [1.165, 1.54) is 24.3 Å². The van der Waals surface area contributed by atoms with E-state index in [1.54, 1.807) is 19.3 Å². The number of halogens is 1. The maximum absolute atomic E-state index is 13.3. The molecule has 0 bridgehead atoms. The molecule has 1 heterocycles. The first-order valence-electron chi connectivity index (χ1n) is 9.66. The zero-order valence-electron chi connectivity index (χ0n) is 17.2. The van der Waals surface area contributed by atoms with Gasteiger partial charge in [0.15, 0.2) is 0 Å². The van der Waals surface area contributed by atoms with E-state index in [9.17, 15) is 18.3 Å². The largest absolute Gasteiger partial charge is 0.489 e. The van der Waals surface area contributed by atoms with Gasteiger partial charge in [0.25, 0.3) is 5.91 Å². The highest BCUT2D eigenvalue weighted by Gasteiger charge is 2.50. The molecule has 0 spiro atoms. The molecule has 0 saturated carbocycles. The normalized spacial score (nSPS) is 21.5. The molecule has 1 aliphatic heterocycles. The number of hydroxylamine groups is 1. The number of benzene rings is 2. The second kappa shape index (κ2) is 9.25. The van der Waals surface area contributed by atoms with Crippen molar-refractivity contribution in [1.82, 2.24) is 9.79 Å². The van der Waals surface area contributed by atoms with Gasteiger partial charge in [0, 0.05) is 16.6 Å². The molecule has 2 aromatic carbocycles. The summed E-state index contributed by atoms with van der Waals surface area (Å²) in [5, 5.41) is 19.4. The number of aliphatic hydroxyl groups is 1. The van der Waals surface area contributed by atoms with Crippen molar-refractivity contribution in [3.8, 4) is 5.75 Å². The van der Waals surface area contributed by atoms with Crippen LogP contribution in [0, 0.1) is 5.41 Å². The smallest absolute Gasteiger partial charge is 0.262 e. The highest BCUT2D eigenvalue weighted by Crippen LogP contribution is 2.38. The van der Waals surface area contributed by atoms with Gasteiger partial charge >= 0.3 is 0 Å². The van der Waals surface area contributed by atoms with Crippen molar-refractivity contribution in [1.29, 1.82) is 0 Å². The minimum Gasteiger partial charge on any atom is -0.489 e. The minimum atomic E-state index is -4.12. The maximum Gasteiger partial charge on any atom is 0.262 e. The number of β-amino-alcohol motifs (C(OH)–C–C–N with tert-alkyl or cyclic N) is 1. The van der Waals surface area contributed by atoms with Crippen LogP contribution in [0.4, 0.5) is 0 Å². The Morgan fingerprint density at radius 3 is 2.48 bits per heavy atom. The van der Waals surface area contributed by atoms with Crippen LogP contribution in [0.2, 0.25) is 0 Å². The van der Waals surface area contributed by atoms with Crippen molar-refractivity contribution in [2.75, 3.05) is 6.54 Å². The van der Waals surface area contributed by atoms with E-state index in [-0.39, 0.29) is 17.9 Å². The molecule has 3 rings (SSSR count). The molecule has 2 atom stereocenters. The highest BCUT2D eigenvalue weighted by atomic mass is 79.9. The zero-order valence-corrected chi connectivity index (χ0v) is 19.6. The monoisotopic (exact) mass is 512 g/mol. The molecule has 31 heavy (non-hydrogen) atoms.